The molecule has 1 aromatic heterocycles. The van der Waals surface area contributed by atoms with E-state index >= 15 is 0 Å². The SMILES string of the molecule is COc1ccc([C@@H]2N=NC[C@H]2c2cc(=O)c3ccccc3o2)cc1. The highest BCUT2D eigenvalue weighted by Gasteiger charge is 2.31. The predicted molar refractivity (Wildman–Crippen MR) is 90.7 cm³/mol. The maximum Gasteiger partial charge on any atom is 0.192 e. The third-order valence-corrected chi connectivity index (χ3v) is 4.34. The van der Waals surface area contributed by atoms with E-state index in [0.717, 1.165) is 11.3 Å². The number of nitrogens with zero attached hydrogens (tertiary/aromatic N) is 2. The van der Waals surface area contributed by atoms with Crippen LogP contribution in [0.3, 0.4) is 0 Å². The fraction of sp³-hybridized carbons (Fsp3) is 0.211. The summed E-state index contributed by atoms with van der Waals surface area (Å²) in [5.41, 5.74) is 1.59. The zero-order valence-corrected chi connectivity index (χ0v) is 13.2. The molecule has 0 unspecified atom stereocenters. The Kier molecular flexibility index (Phi) is 3.61. The van der Waals surface area contributed by atoms with Crippen molar-refractivity contribution in [1.29, 1.82) is 0 Å². The fourth-order valence-corrected chi connectivity index (χ4v) is 3.05. The molecule has 2 heterocycles. The number of hydrogen-bond acceptors (Lipinski definition) is 5. The van der Waals surface area contributed by atoms with Crippen LogP contribution in [0.2, 0.25) is 0 Å². The molecule has 0 aliphatic carbocycles. The summed E-state index contributed by atoms with van der Waals surface area (Å²) in [6.45, 7) is 0.512. The summed E-state index contributed by atoms with van der Waals surface area (Å²) < 4.78 is 11.2. The second-order valence-electron chi connectivity index (χ2n) is 5.77. The van der Waals surface area contributed by atoms with Crippen LogP contribution in [0.4, 0.5) is 0 Å². The maximum atomic E-state index is 12.3. The van der Waals surface area contributed by atoms with Gasteiger partial charge in [-0.2, -0.15) is 10.2 Å². The van der Waals surface area contributed by atoms with Gasteiger partial charge in [-0.05, 0) is 29.8 Å². The highest BCUT2D eigenvalue weighted by molar-refractivity contribution is 5.76. The first-order chi connectivity index (χ1) is 11.8. The Balaban J connectivity index is 1.74. The van der Waals surface area contributed by atoms with Gasteiger partial charge in [-0.25, -0.2) is 0 Å². The molecule has 5 heteroatoms. The number of fused-ring (bicyclic) bond motifs is 1. The van der Waals surface area contributed by atoms with Gasteiger partial charge in [-0.3, -0.25) is 4.79 Å². The minimum Gasteiger partial charge on any atom is -0.497 e. The predicted octanol–water partition coefficient (Wildman–Crippen LogP) is 4.09. The molecular weight excluding hydrogens is 304 g/mol. The van der Waals surface area contributed by atoms with Gasteiger partial charge < -0.3 is 9.15 Å². The summed E-state index contributed by atoms with van der Waals surface area (Å²) in [6, 6.07) is 16.4. The molecule has 4 rings (SSSR count). The van der Waals surface area contributed by atoms with Crippen molar-refractivity contribution in [3.05, 3.63) is 76.1 Å². The molecule has 0 N–H and O–H groups in total. The highest BCUT2D eigenvalue weighted by atomic mass is 16.5. The topological polar surface area (TPSA) is 64.2 Å². The second kappa shape index (κ2) is 5.92. The molecule has 24 heavy (non-hydrogen) atoms. The molecule has 2 atom stereocenters. The van der Waals surface area contributed by atoms with Gasteiger partial charge in [-0.1, -0.05) is 24.3 Å². The normalized spacial score (nSPS) is 19.7. The van der Waals surface area contributed by atoms with Crippen LogP contribution >= 0.6 is 0 Å². The van der Waals surface area contributed by atoms with E-state index in [2.05, 4.69) is 10.2 Å². The van der Waals surface area contributed by atoms with E-state index < -0.39 is 0 Å². The van der Waals surface area contributed by atoms with Crippen molar-refractivity contribution < 1.29 is 9.15 Å². The molecule has 5 nitrogen and oxygen atoms in total. The monoisotopic (exact) mass is 320 g/mol. The first-order valence-corrected chi connectivity index (χ1v) is 7.79. The Hall–Kier alpha value is -2.95. The summed E-state index contributed by atoms with van der Waals surface area (Å²) in [6.07, 6.45) is 0. The average Bonchev–Trinajstić information content (AvgIpc) is 3.11. The first kappa shape index (κ1) is 14.6. The third kappa shape index (κ3) is 2.48. The molecular formula is C19H16N2O3. The standard InChI is InChI=1S/C19H16N2O3/c1-23-13-8-6-12(7-9-13)19-15(11-20-21-19)18-10-16(22)14-4-2-3-5-17(14)24-18/h2-10,15,19H,11H2,1H3/t15-,19-/m0/s1. The molecule has 0 fully saturated rings. The van der Waals surface area contributed by atoms with Gasteiger partial charge in [0.2, 0.25) is 0 Å². The van der Waals surface area contributed by atoms with Crippen molar-refractivity contribution in [3.8, 4) is 5.75 Å². The first-order valence-electron chi connectivity index (χ1n) is 7.79. The van der Waals surface area contributed by atoms with Crippen LogP contribution in [-0.4, -0.2) is 13.7 Å². The summed E-state index contributed by atoms with van der Waals surface area (Å²) in [5, 5.41) is 9.13. The van der Waals surface area contributed by atoms with Crippen molar-refractivity contribution in [2.24, 2.45) is 10.2 Å². The van der Waals surface area contributed by atoms with Crippen molar-refractivity contribution in [1.82, 2.24) is 0 Å². The number of hydrogen-bond donors (Lipinski definition) is 0. The Morgan fingerprint density at radius 1 is 1.12 bits per heavy atom. The molecule has 0 radical (unpaired) electrons. The summed E-state index contributed by atoms with van der Waals surface area (Å²) in [5.74, 6) is 1.35. The second-order valence-corrected chi connectivity index (χ2v) is 5.77. The van der Waals surface area contributed by atoms with E-state index in [4.69, 9.17) is 9.15 Å². The minimum atomic E-state index is -0.153. The maximum absolute atomic E-state index is 12.3. The Labute approximate surface area is 138 Å². The van der Waals surface area contributed by atoms with Gasteiger partial charge in [0.15, 0.2) is 5.43 Å². The largest absolute Gasteiger partial charge is 0.497 e. The Morgan fingerprint density at radius 2 is 1.92 bits per heavy atom. The zero-order chi connectivity index (χ0) is 16.5. The van der Waals surface area contributed by atoms with E-state index in [9.17, 15) is 4.79 Å². The number of rotatable bonds is 3. The van der Waals surface area contributed by atoms with Gasteiger partial charge in [0.05, 0.1) is 25.0 Å². The smallest absolute Gasteiger partial charge is 0.192 e. The molecule has 0 saturated carbocycles. The lowest BCUT2D eigenvalue weighted by molar-refractivity contribution is 0.414. The Bertz CT molecular complexity index is 960. The Morgan fingerprint density at radius 3 is 2.71 bits per heavy atom. The van der Waals surface area contributed by atoms with Crippen molar-refractivity contribution in [2.75, 3.05) is 13.7 Å². The number of ether oxygens (including phenoxy) is 1. The minimum absolute atomic E-state index is 0.0350. The molecule has 0 bridgehead atoms. The van der Waals surface area contributed by atoms with Crippen LogP contribution < -0.4 is 10.2 Å². The van der Waals surface area contributed by atoms with Crippen LogP contribution in [0, 0.1) is 0 Å². The fourth-order valence-electron chi connectivity index (χ4n) is 3.05. The molecule has 2 aromatic carbocycles. The van der Waals surface area contributed by atoms with E-state index in [1.165, 1.54) is 0 Å². The quantitative estimate of drug-likeness (QED) is 0.730. The number of methoxy groups -OCH3 is 1. The van der Waals surface area contributed by atoms with E-state index in [-0.39, 0.29) is 17.4 Å². The van der Waals surface area contributed by atoms with Crippen LogP contribution in [0.1, 0.15) is 23.3 Å². The molecule has 1 aliphatic heterocycles. The van der Waals surface area contributed by atoms with Crippen molar-refractivity contribution in [2.45, 2.75) is 12.0 Å². The van der Waals surface area contributed by atoms with Gasteiger partial charge in [0, 0.05) is 6.07 Å². The molecule has 0 spiro atoms. The van der Waals surface area contributed by atoms with Gasteiger partial charge in [-0.15, -0.1) is 0 Å². The molecule has 0 amide bonds. The summed E-state index contributed by atoms with van der Waals surface area (Å²) in [4.78, 5) is 12.3. The van der Waals surface area contributed by atoms with Gasteiger partial charge in [0.25, 0.3) is 0 Å². The summed E-state index contributed by atoms with van der Waals surface area (Å²) >= 11 is 0. The lowest BCUT2D eigenvalue weighted by Crippen LogP contribution is -2.11. The average molecular weight is 320 g/mol. The van der Waals surface area contributed by atoms with Crippen LogP contribution in [0.25, 0.3) is 11.0 Å². The van der Waals surface area contributed by atoms with Gasteiger partial charge in [0.1, 0.15) is 23.1 Å². The van der Waals surface area contributed by atoms with Gasteiger partial charge >= 0.3 is 0 Å². The molecule has 0 saturated heterocycles. The number of benzene rings is 2. The zero-order valence-electron chi connectivity index (χ0n) is 13.2. The highest BCUT2D eigenvalue weighted by Crippen LogP contribution is 2.39. The van der Waals surface area contributed by atoms with E-state index in [0.29, 0.717) is 23.3 Å². The molecule has 1 aliphatic rings. The lowest BCUT2D eigenvalue weighted by Gasteiger charge is -2.16. The van der Waals surface area contributed by atoms with Crippen molar-refractivity contribution in [3.63, 3.8) is 0 Å². The lowest BCUT2D eigenvalue weighted by atomic mass is 9.92. The van der Waals surface area contributed by atoms with Crippen molar-refractivity contribution >= 4 is 11.0 Å². The van der Waals surface area contributed by atoms with Crippen LogP contribution in [-0.2, 0) is 0 Å². The van der Waals surface area contributed by atoms with E-state index in [1.807, 2.05) is 42.5 Å². The van der Waals surface area contributed by atoms with E-state index in [1.54, 1.807) is 19.2 Å². The number of azo groups is 1. The molecule has 3 aromatic rings. The summed E-state index contributed by atoms with van der Waals surface area (Å²) in [7, 11) is 1.64. The van der Waals surface area contributed by atoms with Crippen LogP contribution in [0.15, 0.2) is 74.0 Å². The number of para-hydroxylation sites is 1. The third-order valence-electron chi connectivity index (χ3n) is 4.34. The van der Waals surface area contributed by atoms with Crippen LogP contribution in [0.5, 0.6) is 5.75 Å². The molecule has 120 valence electrons.